The third-order valence-corrected chi connectivity index (χ3v) is 5.19. The minimum absolute atomic E-state index is 0.0234. The summed E-state index contributed by atoms with van der Waals surface area (Å²) >= 11 is 0. The number of carbonyl (C=O) groups is 2. The first kappa shape index (κ1) is 22.5. The molecular weight excluding hydrogens is 422 g/mol. The summed E-state index contributed by atoms with van der Waals surface area (Å²) in [7, 11) is 0. The van der Waals surface area contributed by atoms with Crippen LogP contribution in [0.4, 0.5) is 23.2 Å². The second kappa shape index (κ2) is 7.82. The van der Waals surface area contributed by atoms with Crippen molar-refractivity contribution >= 4 is 17.5 Å². The Labute approximate surface area is 174 Å². The van der Waals surface area contributed by atoms with E-state index in [4.69, 9.17) is 5.73 Å². The van der Waals surface area contributed by atoms with Crippen molar-refractivity contribution in [2.75, 3.05) is 5.32 Å². The Morgan fingerprint density at radius 1 is 1.45 bits per heavy atom. The third kappa shape index (κ3) is 4.78. The molecule has 0 saturated heterocycles. The molecule has 3 rings (SSSR count). The molecule has 0 aliphatic heterocycles. The van der Waals surface area contributed by atoms with Crippen LogP contribution >= 0.6 is 0 Å². The van der Waals surface area contributed by atoms with Crippen LogP contribution in [0.5, 0.6) is 0 Å². The number of rotatable bonds is 6. The van der Waals surface area contributed by atoms with Crippen molar-refractivity contribution in [3.05, 3.63) is 46.2 Å². The number of amides is 2. The summed E-state index contributed by atoms with van der Waals surface area (Å²) < 4.78 is 56.4. The zero-order valence-electron chi connectivity index (χ0n) is 16.8. The lowest BCUT2D eigenvalue weighted by atomic mass is 10.1. The SMILES string of the molecule is Cc1c(C(C)(F)F)nn(C[C@@H]2CCC(F)(F)C2)c1C(=O)Nc1cc[n+]([O-])c(C(N)=O)c1. The largest absolute Gasteiger partial charge is 0.618 e. The fourth-order valence-electron chi connectivity index (χ4n) is 3.77. The Bertz CT molecular complexity index is 1030. The molecule has 0 bridgehead atoms. The first-order chi connectivity index (χ1) is 14.3. The number of pyridine rings is 1. The van der Waals surface area contributed by atoms with Gasteiger partial charge in [0.1, 0.15) is 11.4 Å². The number of aromatic nitrogens is 3. The van der Waals surface area contributed by atoms with E-state index in [1.165, 1.54) is 13.0 Å². The van der Waals surface area contributed by atoms with Crippen LogP contribution in [0.1, 0.15) is 58.4 Å². The van der Waals surface area contributed by atoms with Gasteiger partial charge >= 0.3 is 5.91 Å². The van der Waals surface area contributed by atoms with Crippen LogP contribution in [0.25, 0.3) is 0 Å². The van der Waals surface area contributed by atoms with Gasteiger partial charge in [0.15, 0.2) is 6.20 Å². The van der Waals surface area contributed by atoms with Crippen LogP contribution in [0.3, 0.4) is 0 Å². The molecule has 0 radical (unpaired) electrons. The van der Waals surface area contributed by atoms with Crippen molar-refractivity contribution in [2.24, 2.45) is 11.7 Å². The first-order valence-electron chi connectivity index (χ1n) is 9.46. The zero-order chi connectivity index (χ0) is 23.1. The van der Waals surface area contributed by atoms with Crippen molar-refractivity contribution < 1.29 is 31.9 Å². The van der Waals surface area contributed by atoms with E-state index >= 15 is 0 Å². The molecule has 1 aliphatic carbocycles. The zero-order valence-corrected chi connectivity index (χ0v) is 16.8. The van der Waals surface area contributed by atoms with Gasteiger partial charge in [-0.15, -0.1) is 0 Å². The van der Waals surface area contributed by atoms with Crippen molar-refractivity contribution in [3.8, 4) is 0 Å². The molecule has 0 aromatic carbocycles. The number of primary amides is 1. The van der Waals surface area contributed by atoms with Gasteiger partial charge in [0.25, 0.3) is 17.5 Å². The molecule has 2 heterocycles. The van der Waals surface area contributed by atoms with Crippen LogP contribution in [-0.2, 0) is 12.5 Å². The van der Waals surface area contributed by atoms with Crippen molar-refractivity contribution in [1.82, 2.24) is 9.78 Å². The van der Waals surface area contributed by atoms with Crippen LogP contribution in [0.2, 0.25) is 0 Å². The average molecular weight is 443 g/mol. The van der Waals surface area contributed by atoms with E-state index < -0.39 is 47.4 Å². The average Bonchev–Trinajstić information content (AvgIpc) is 3.15. The second-order valence-electron chi connectivity index (χ2n) is 7.80. The standard InChI is InChI=1S/C19H21F4N5O3/c1-10-14(17(30)25-12-4-6-28(31)13(7-12)16(24)29)27(26-15(10)18(2,20)21)9-11-3-5-19(22,23)8-11/h4,6-7,11H,3,5,8-9H2,1-2H3,(H2,24,29)(H,25,30)/t11-/m1/s1. The van der Waals surface area contributed by atoms with Crippen LogP contribution in [-0.4, -0.2) is 27.5 Å². The minimum atomic E-state index is -3.36. The molecule has 3 N–H and O–H groups in total. The van der Waals surface area contributed by atoms with Gasteiger partial charge in [0.05, 0.1) is 5.69 Å². The molecule has 31 heavy (non-hydrogen) atoms. The second-order valence-corrected chi connectivity index (χ2v) is 7.80. The predicted molar refractivity (Wildman–Crippen MR) is 101 cm³/mol. The lowest BCUT2D eigenvalue weighted by Gasteiger charge is -2.14. The number of anilines is 1. The monoisotopic (exact) mass is 443 g/mol. The van der Waals surface area contributed by atoms with Crippen molar-refractivity contribution in [3.63, 3.8) is 0 Å². The Morgan fingerprint density at radius 3 is 2.68 bits per heavy atom. The van der Waals surface area contributed by atoms with E-state index in [-0.39, 0.29) is 41.1 Å². The lowest BCUT2D eigenvalue weighted by molar-refractivity contribution is -0.607. The van der Waals surface area contributed by atoms with Gasteiger partial charge < -0.3 is 16.3 Å². The molecule has 2 amide bonds. The van der Waals surface area contributed by atoms with Crippen molar-refractivity contribution in [1.29, 1.82) is 0 Å². The van der Waals surface area contributed by atoms with Gasteiger partial charge in [0, 0.05) is 44.0 Å². The van der Waals surface area contributed by atoms with Gasteiger partial charge in [0.2, 0.25) is 5.92 Å². The molecule has 168 valence electrons. The number of halogens is 4. The number of hydrogen-bond acceptors (Lipinski definition) is 4. The fourth-order valence-corrected chi connectivity index (χ4v) is 3.77. The van der Waals surface area contributed by atoms with Crippen LogP contribution in [0, 0.1) is 18.0 Å². The van der Waals surface area contributed by atoms with Gasteiger partial charge in [-0.05, 0) is 19.3 Å². The van der Waals surface area contributed by atoms with Gasteiger partial charge in [-0.25, -0.2) is 8.78 Å². The van der Waals surface area contributed by atoms with Crippen molar-refractivity contribution in [2.45, 2.75) is 51.5 Å². The smallest absolute Gasteiger partial charge is 0.314 e. The fraction of sp³-hybridized carbons (Fsp3) is 0.474. The summed E-state index contributed by atoms with van der Waals surface area (Å²) in [6.07, 6.45) is 0.390. The number of nitrogens with two attached hydrogens (primary N) is 1. The molecule has 1 aliphatic rings. The molecule has 1 fully saturated rings. The van der Waals surface area contributed by atoms with E-state index in [0.29, 0.717) is 6.92 Å². The number of carbonyl (C=O) groups excluding carboxylic acids is 2. The summed E-state index contributed by atoms with van der Waals surface area (Å²) in [5, 5.41) is 17.8. The number of nitrogens with one attached hydrogen (secondary N) is 1. The molecule has 0 unspecified atom stereocenters. The maximum atomic E-state index is 14.0. The Balaban J connectivity index is 1.95. The topological polar surface area (TPSA) is 117 Å². The maximum absolute atomic E-state index is 14.0. The summed E-state index contributed by atoms with van der Waals surface area (Å²) in [4.78, 5) is 24.2. The molecule has 2 aromatic heterocycles. The van der Waals surface area contributed by atoms with Gasteiger partial charge in [-0.3, -0.25) is 14.3 Å². The van der Waals surface area contributed by atoms with Crippen LogP contribution < -0.4 is 15.8 Å². The highest BCUT2D eigenvalue weighted by Crippen LogP contribution is 2.40. The quantitative estimate of drug-likeness (QED) is 0.406. The summed E-state index contributed by atoms with van der Waals surface area (Å²) in [6, 6.07) is 2.23. The highest BCUT2D eigenvalue weighted by molar-refractivity contribution is 6.04. The Kier molecular flexibility index (Phi) is 5.68. The highest BCUT2D eigenvalue weighted by Gasteiger charge is 2.41. The van der Waals surface area contributed by atoms with E-state index in [1.807, 2.05) is 0 Å². The molecule has 0 spiro atoms. The lowest BCUT2D eigenvalue weighted by Crippen LogP contribution is -2.37. The molecule has 12 heteroatoms. The van der Waals surface area contributed by atoms with Crippen LogP contribution in [0.15, 0.2) is 18.3 Å². The Morgan fingerprint density at radius 2 is 2.13 bits per heavy atom. The third-order valence-electron chi connectivity index (χ3n) is 5.19. The normalized spacial score (nSPS) is 18.2. The predicted octanol–water partition coefficient (Wildman–Crippen LogP) is 2.72. The van der Waals surface area contributed by atoms with E-state index in [2.05, 4.69) is 10.4 Å². The number of alkyl halides is 4. The van der Waals surface area contributed by atoms with Gasteiger partial charge in [-0.1, -0.05) is 0 Å². The summed E-state index contributed by atoms with van der Waals surface area (Å²) in [5.41, 5.74) is 3.75. The number of nitrogens with zero attached hydrogens (tertiary/aromatic N) is 3. The van der Waals surface area contributed by atoms with E-state index in [0.717, 1.165) is 16.9 Å². The minimum Gasteiger partial charge on any atom is -0.618 e. The molecule has 1 atom stereocenters. The van der Waals surface area contributed by atoms with E-state index in [1.54, 1.807) is 0 Å². The van der Waals surface area contributed by atoms with E-state index in [9.17, 15) is 32.4 Å². The number of hydrogen-bond donors (Lipinski definition) is 2. The molecule has 8 nitrogen and oxygen atoms in total. The van der Waals surface area contributed by atoms with Gasteiger partial charge in [-0.2, -0.15) is 18.6 Å². The molecular formula is C19H21F4N5O3. The summed E-state index contributed by atoms with van der Waals surface area (Å²) in [5.74, 6) is -8.59. The molecule has 1 saturated carbocycles. The Hall–Kier alpha value is -3.18. The maximum Gasteiger partial charge on any atom is 0.314 e. The molecule has 2 aromatic rings. The first-order valence-corrected chi connectivity index (χ1v) is 9.46. The summed E-state index contributed by atoms with van der Waals surface area (Å²) in [6.45, 7) is 1.79. The highest BCUT2D eigenvalue weighted by atomic mass is 19.3.